The zero-order valence-corrected chi connectivity index (χ0v) is 14.9. The molecule has 9 nitrogen and oxygen atoms in total. The van der Waals surface area contributed by atoms with E-state index in [4.69, 9.17) is 15.2 Å². The van der Waals surface area contributed by atoms with Gasteiger partial charge in [0.2, 0.25) is 0 Å². The topological polar surface area (TPSA) is 137 Å². The average molecular weight is 369 g/mol. The Morgan fingerprint density at radius 3 is 2.73 bits per heavy atom. The molecule has 2 rings (SSSR count). The van der Waals surface area contributed by atoms with E-state index in [1.54, 1.807) is 0 Å². The number of hydrogen-bond acceptors (Lipinski definition) is 8. The van der Waals surface area contributed by atoms with Gasteiger partial charge in [0.05, 0.1) is 0 Å². The number of anilines is 1. The first-order valence-corrected chi connectivity index (χ1v) is 8.96. The summed E-state index contributed by atoms with van der Waals surface area (Å²) in [4.78, 5) is 27.2. The van der Waals surface area contributed by atoms with Crippen LogP contribution in [0.4, 0.5) is 5.82 Å². The molecule has 4 N–H and O–H groups in total. The van der Waals surface area contributed by atoms with Crippen LogP contribution in [0.3, 0.4) is 0 Å². The van der Waals surface area contributed by atoms with Crippen LogP contribution in [-0.4, -0.2) is 50.7 Å². The van der Waals surface area contributed by atoms with Crippen LogP contribution in [0.1, 0.15) is 51.7 Å². The maximum absolute atomic E-state index is 11.9. The van der Waals surface area contributed by atoms with Crippen LogP contribution < -0.4 is 11.4 Å². The first-order chi connectivity index (χ1) is 12.4. The van der Waals surface area contributed by atoms with Crippen LogP contribution in [0, 0.1) is 0 Å². The highest BCUT2D eigenvalue weighted by molar-refractivity contribution is 5.69. The lowest BCUT2D eigenvalue weighted by atomic mass is 10.1. The first kappa shape index (κ1) is 20.3. The summed E-state index contributed by atoms with van der Waals surface area (Å²) in [7, 11) is 0. The predicted octanol–water partition coefficient (Wildman–Crippen LogP) is 0.348. The number of nitrogen functional groups attached to an aromatic ring is 1. The second kappa shape index (κ2) is 9.65. The second-order valence-electron chi connectivity index (χ2n) is 6.44. The summed E-state index contributed by atoms with van der Waals surface area (Å²) < 4.78 is 11.7. The number of unbranched alkanes of at least 4 members (excludes halogenated alkanes) is 4. The van der Waals surface area contributed by atoms with E-state index < -0.39 is 30.2 Å². The molecule has 1 aliphatic heterocycles. The molecule has 1 fully saturated rings. The van der Waals surface area contributed by atoms with Gasteiger partial charge in [-0.25, -0.2) is 4.79 Å². The zero-order valence-electron chi connectivity index (χ0n) is 14.9. The Morgan fingerprint density at radius 2 is 2.04 bits per heavy atom. The lowest BCUT2D eigenvalue weighted by molar-refractivity contribution is -0.150. The summed E-state index contributed by atoms with van der Waals surface area (Å²) in [6.07, 6.45) is 2.05. The molecule has 26 heavy (non-hydrogen) atoms. The molecule has 0 aliphatic carbocycles. The number of esters is 1. The number of carbonyl (C=O) groups excluding carboxylic acids is 1. The monoisotopic (exact) mass is 369 g/mol. The fraction of sp³-hybridized carbons (Fsp3) is 0.706. The lowest BCUT2D eigenvalue weighted by Crippen LogP contribution is -2.36. The van der Waals surface area contributed by atoms with Crippen molar-refractivity contribution < 1.29 is 24.5 Å². The highest BCUT2D eigenvalue weighted by atomic mass is 16.6. The molecule has 0 saturated carbocycles. The molecule has 0 spiro atoms. The number of rotatable bonds is 9. The highest BCUT2D eigenvalue weighted by Gasteiger charge is 2.44. The van der Waals surface area contributed by atoms with E-state index >= 15 is 0 Å². The van der Waals surface area contributed by atoms with Crippen LogP contribution >= 0.6 is 0 Å². The van der Waals surface area contributed by atoms with E-state index in [1.165, 1.54) is 12.3 Å². The smallest absolute Gasteiger partial charge is 0.351 e. The Kier molecular flexibility index (Phi) is 7.55. The zero-order chi connectivity index (χ0) is 19.1. The number of aliphatic hydroxyl groups excluding tert-OH is 2. The molecule has 1 aromatic heterocycles. The van der Waals surface area contributed by atoms with Gasteiger partial charge >= 0.3 is 11.7 Å². The maximum atomic E-state index is 11.9. The molecule has 146 valence electrons. The molecule has 1 saturated heterocycles. The van der Waals surface area contributed by atoms with Crippen molar-refractivity contribution >= 4 is 11.8 Å². The van der Waals surface area contributed by atoms with Crippen molar-refractivity contribution in [2.24, 2.45) is 0 Å². The van der Waals surface area contributed by atoms with Crippen molar-refractivity contribution in [2.45, 2.75) is 70.0 Å². The Bertz CT molecular complexity index is 650. The second-order valence-corrected chi connectivity index (χ2v) is 6.44. The largest absolute Gasteiger partial charge is 0.463 e. The highest BCUT2D eigenvalue weighted by Crippen LogP contribution is 2.28. The summed E-state index contributed by atoms with van der Waals surface area (Å²) in [5.74, 6) is -0.328. The molecule has 0 amide bonds. The number of aliphatic hydroxyl groups is 2. The number of ether oxygens (including phenoxy) is 2. The number of carbonyl (C=O) groups is 1. The van der Waals surface area contributed by atoms with Gasteiger partial charge in [-0.3, -0.25) is 9.36 Å². The van der Waals surface area contributed by atoms with E-state index in [0.717, 1.165) is 36.7 Å². The van der Waals surface area contributed by atoms with E-state index in [2.05, 4.69) is 11.9 Å². The van der Waals surface area contributed by atoms with Crippen molar-refractivity contribution in [3.63, 3.8) is 0 Å². The molecule has 0 bridgehead atoms. The molecule has 0 aromatic carbocycles. The number of hydrogen-bond donors (Lipinski definition) is 3. The quantitative estimate of drug-likeness (QED) is 0.419. The molecular formula is C17H27N3O6. The summed E-state index contributed by atoms with van der Waals surface area (Å²) in [6, 6.07) is 1.38. The van der Waals surface area contributed by atoms with Crippen molar-refractivity contribution in [2.75, 3.05) is 12.3 Å². The van der Waals surface area contributed by atoms with Gasteiger partial charge in [-0.05, 0) is 12.5 Å². The third kappa shape index (κ3) is 5.26. The van der Waals surface area contributed by atoms with Crippen molar-refractivity contribution in [3.05, 3.63) is 22.7 Å². The van der Waals surface area contributed by atoms with Crippen LogP contribution in [0.15, 0.2) is 17.1 Å². The van der Waals surface area contributed by atoms with Crippen LogP contribution in [-0.2, 0) is 14.3 Å². The summed E-state index contributed by atoms with van der Waals surface area (Å²) in [6.45, 7) is 1.93. The minimum atomic E-state index is -1.35. The van der Waals surface area contributed by atoms with Gasteiger partial charge < -0.3 is 25.4 Å². The summed E-state index contributed by atoms with van der Waals surface area (Å²) >= 11 is 0. The summed E-state index contributed by atoms with van der Waals surface area (Å²) in [5, 5.41) is 20.2. The fourth-order valence-corrected chi connectivity index (χ4v) is 2.84. The number of aromatic nitrogens is 2. The molecule has 4 unspecified atom stereocenters. The van der Waals surface area contributed by atoms with E-state index in [-0.39, 0.29) is 18.4 Å². The van der Waals surface area contributed by atoms with Gasteiger partial charge in [0.1, 0.15) is 30.7 Å². The Labute approximate surface area is 151 Å². The van der Waals surface area contributed by atoms with Gasteiger partial charge in [-0.2, -0.15) is 4.98 Å². The molecular weight excluding hydrogens is 342 g/mol. The van der Waals surface area contributed by atoms with Gasteiger partial charge in [0, 0.05) is 12.6 Å². The Balaban J connectivity index is 1.83. The van der Waals surface area contributed by atoms with Crippen molar-refractivity contribution in [3.8, 4) is 0 Å². The SMILES string of the molecule is CCCCCCCC(=O)OCC1OC(n2ccc(N)nc2=O)C(O)C1O. The minimum absolute atomic E-state index is 0.0451. The van der Waals surface area contributed by atoms with E-state index in [1.807, 2.05) is 0 Å². The van der Waals surface area contributed by atoms with Gasteiger partial charge in [0.25, 0.3) is 0 Å². The van der Waals surface area contributed by atoms with Crippen LogP contribution in [0.5, 0.6) is 0 Å². The van der Waals surface area contributed by atoms with Crippen LogP contribution in [0.25, 0.3) is 0 Å². The van der Waals surface area contributed by atoms with Crippen molar-refractivity contribution in [1.29, 1.82) is 0 Å². The summed E-state index contributed by atoms with van der Waals surface area (Å²) in [5.41, 5.74) is 4.73. The van der Waals surface area contributed by atoms with Gasteiger partial charge in [-0.15, -0.1) is 0 Å². The lowest BCUT2D eigenvalue weighted by Gasteiger charge is -2.16. The third-order valence-electron chi connectivity index (χ3n) is 4.36. The molecule has 2 heterocycles. The molecule has 4 atom stereocenters. The predicted molar refractivity (Wildman–Crippen MR) is 93.2 cm³/mol. The van der Waals surface area contributed by atoms with E-state index in [0.29, 0.717) is 6.42 Å². The van der Waals surface area contributed by atoms with E-state index in [9.17, 15) is 19.8 Å². The molecule has 1 aliphatic rings. The number of nitrogens with two attached hydrogens (primary N) is 1. The minimum Gasteiger partial charge on any atom is -0.463 e. The molecule has 9 heteroatoms. The fourth-order valence-electron chi connectivity index (χ4n) is 2.84. The molecule has 1 aromatic rings. The standard InChI is InChI=1S/C17H27N3O6/c1-2-3-4-5-6-7-13(21)25-10-11-14(22)15(23)16(26-11)20-9-8-12(18)19-17(20)24/h8-9,11,14-16,22-23H,2-7,10H2,1H3,(H2,18,19,24). The van der Waals surface area contributed by atoms with Crippen LogP contribution in [0.2, 0.25) is 0 Å². The number of nitrogens with zero attached hydrogens (tertiary/aromatic N) is 2. The Hall–Kier alpha value is -1.97. The maximum Gasteiger partial charge on any atom is 0.351 e. The third-order valence-corrected chi connectivity index (χ3v) is 4.36. The van der Waals surface area contributed by atoms with Gasteiger partial charge in [-0.1, -0.05) is 32.6 Å². The first-order valence-electron chi connectivity index (χ1n) is 8.96. The molecule has 0 radical (unpaired) electrons. The average Bonchev–Trinajstić information content (AvgIpc) is 2.88. The van der Waals surface area contributed by atoms with Gasteiger partial charge in [0.15, 0.2) is 6.23 Å². The normalized spacial score (nSPS) is 25.3. The van der Waals surface area contributed by atoms with Crippen molar-refractivity contribution in [1.82, 2.24) is 9.55 Å². The Morgan fingerprint density at radius 1 is 1.31 bits per heavy atom.